The lowest BCUT2D eigenvalue weighted by Gasteiger charge is -2.20. The molecule has 0 radical (unpaired) electrons. The Balaban J connectivity index is 2.45. The predicted molar refractivity (Wildman–Crippen MR) is 88.2 cm³/mol. The van der Waals surface area contributed by atoms with Crippen LogP contribution in [0.15, 0.2) is 34.8 Å². The molecule has 0 aliphatic rings. The molecular formula is C15H15BrN2O4. The van der Waals surface area contributed by atoms with E-state index in [4.69, 9.17) is 4.74 Å². The fourth-order valence-corrected chi connectivity index (χ4v) is 2.64. The quantitative estimate of drug-likeness (QED) is 0.607. The van der Waals surface area contributed by atoms with Crippen LogP contribution in [0.4, 0.5) is 16.2 Å². The number of anilines is 1. The summed E-state index contributed by atoms with van der Waals surface area (Å²) in [4.78, 5) is 22.6. The summed E-state index contributed by atoms with van der Waals surface area (Å²) in [6.07, 6.45) is -0.619. The normalized spacial score (nSPS) is 11.3. The first-order valence-corrected chi connectivity index (χ1v) is 7.34. The maximum atomic E-state index is 11.8. The topological polar surface area (TPSA) is 81.5 Å². The predicted octanol–water partition coefficient (Wildman–Crippen LogP) is 4.86. The maximum Gasteiger partial charge on any atom is 0.412 e. The number of benzene rings is 2. The number of rotatable bonds is 2. The molecular weight excluding hydrogens is 352 g/mol. The second-order valence-electron chi connectivity index (χ2n) is 5.69. The molecule has 0 unspecified atom stereocenters. The van der Waals surface area contributed by atoms with Crippen molar-refractivity contribution in [2.24, 2.45) is 0 Å². The Kier molecular flexibility index (Phi) is 4.37. The van der Waals surface area contributed by atoms with Crippen molar-refractivity contribution in [2.75, 3.05) is 5.32 Å². The molecule has 0 aliphatic heterocycles. The zero-order valence-corrected chi connectivity index (χ0v) is 13.9. The van der Waals surface area contributed by atoms with Crippen LogP contribution in [0.2, 0.25) is 0 Å². The Hall–Kier alpha value is -2.15. The van der Waals surface area contributed by atoms with Crippen LogP contribution in [-0.4, -0.2) is 16.6 Å². The van der Waals surface area contributed by atoms with Crippen LogP contribution >= 0.6 is 15.9 Å². The number of non-ortho nitro benzene ring substituents is 1. The highest BCUT2D eigenvalue weighted by Crippen LogP contribution is 2.37. The smallest absolute Gasteiger partial charge is 0.412 e. The first-order valence-electron chi connectivity index (χ1n) is 6.54. The van der Waals surface area contributed by atoms with Crippen LogP contribution in [-0.2, 0) is 4.74 Å². The highest BCUT2D eigenvalue weighted by Gasteiger charge is 2.20. The minimum Gasteiger partial charge on any atom is -0.444 e. The number of amides is 1. The Morgan fingerprint density at radius 1 is 1.27 bits per heavy atom. The molecule has 2 rings (SSSR count). The summed E-state index contributed by atoms with van der Waals surface area (Å²) >= 11 is 3.33. The average molecular weight is 367 g/mol. The second kappa shape index (κ2) is 5.92. The highest BCUT2D eigenvalue weighted by atomic mass is 79.9. The molecule has 0 spiro atoms. The van der Waals surface area contributed by atoms with Gasteiger partial charge in [0.15, 0.2) is 0 Å². The zero-order chi connectivity index (χ0) is 16.5. The summed E-state index contributed by atoms with van der Waals surface area (Å²) < 4.78 is 5.63. The van der Waals surface area contributed by atoms with E-state index in [-0.39, 0.29) is 5.69 Å². The summed E-state index contributed by atoms with van der Waals surface area (Å²) in [7, 11) is 0. The largest absolute Gasteiger partial charge is 0.444 e. The molecule has 0 aliphatic carbocycles. The minimum absolute atomic E-state index is 0.0304. The van der Waals surface area contributed by atoms with Crippen molar-refractivity contribution in [1.29, 1.82) is 0 Å². The van der Waals surface area contributed by atoms with Crippen molar-refractivity contribution in [3.05, 3.63) is 44.9 Å². The molecule has 0 fully saturated rings. The van der Waals surface area contributed by atoms with Gasteiger partial charge in [-0.3, -0.25) is 15.4 Å². The molecule has 0 aromatic heterocycles. The van der Waals surface area contributed by atoms with Gasteiger partial charge in [0.25, 0.3) is 5.69 Å². The zero-order valence-electron chi connectivity index (χ0n) is 12.3. The number of hydrogen-bond donors (Lipinski definition) is 1. The number of hydrogen-bond acceptors (Lipinski definition) is 4. The van der Waals surface area contributed by atoms with Crippen molar-refractivity contribution in [3.8, 4) is 0 Å². The lowest BCUT2D eigenvalue weighted by Crippen LogP contribution is -2.27. The summed E-state index contributed by atoms with van der Waals surface area (Å²) in [6, 6.07) is 8.18. The van der Waals surface area contributed by atoms with Crippen molar-refractivity contribution >= 4 is 44.2 Å². The Labute approximate surface area is 135 Å². The number of ether oxygens (including phenoxy) is 1. The molecule has 7 heteroatoms. The Morgan fingerprint density at radius 2 is 1.95 bits per heavy atom. The van der Waals surface area contributed by atoms with Crippen LogP contribution in [0, 0.1) is 10.1 Å². The third kappa shape index (κ3) is 3.54. The minimum atomic E-state index is -0.626. The lowest BCUT2D eigenvalue weighted by atomic mass is 10.1. The second-order valence-corrected chi connectivity index (χ2v) is 6.48. The third-order valence-electron chi connectivity index (χ3n) is 2.79. The van der Waals surface area contributed by atoms with E-state index in [1.165, 1.54) is 6.07 Å². The third-order valence-corrected chi connectivity index (χ3v) is 3.62. The van der Waals surface area contributed by atoms with Gasteiger partial charge in [-0.25, -0.2) is 4.79 Å². The highest BCUT2D eigenvalue weighted by molar-refractivity contribution is 9.10. The molecule has 0 bridgehead atoms. The van der Waals surface area contributed by atoms with Crippen LogP contribution in [0.3, 0.4) is 0 Å². The van der Waals surface area contributed by atoms with Crippen molar-refractivity contribution in [3.63, 3.8) is 0 Å². The number of carbonyl (C=O) groups excluding carboxylic acids is 1. The van der Waals surface area contributed by atoms with Gasteiger partial charge in [0.1, 0.15) is 5.60 Å². The average Bonchev–Trinajstić information content (AvgIpc) is 2.39. The van der Waals surface area contributed by atoms with Crippen molar-refractivity contribution < 1.29 is 14.5 Å². The monoisotopic (exact) mass is 366 g/mol. The van der Waals surface area contributed by atoms with E-state index in [9.17, 15) is 14.9 Å². The standard InChI is InChI=1S/C15H15BrN2O4/c1-15(2,3)22-14(19)17-10-8-7-9-5-4-6-11(18(20)21)12(9)13(10)16/h4-8H,1-3H3,(H,17,19). The summed E-state index contributed by atoms with van der Waals surface area (Å²) in [5, 5.41) is 14.9. The van der Waals surface area contributed by atoms with Gasteiger partial charge >= 0.3 is 6.09 Å². The van der Waals surface area contributed by atoms with Gasteiger partial charge in [0.2, 0.25) is 0 Å². The summed E-state index contributed by atoms with van der Waals surface area (Å²) in [5.74, 6) is 0. The Morgan fingerprint density at radius 3 is 2.55 bits per heavy atom. The molecule has 2 aromatic rings. The van der Waals surface area contributed by atoms with Gasteiger partial charge in [-0.1, -0.05) is 18.2 Å². The summed E-state index contributed by atoms with van der Waals surface area (Å²) in [5.41, 5.74) is -0.243. The Bertz CT molecular complexity index is 753. The number of nitro groups is 1. The van der Waals surface area contributed by atoms with Gasteiger partial charge in [-0.05, 0) is 48.2 Å². The van der Waals surface area contributed by atoms with Crippen molar-refractivity contribution in [2.45, 2.75) is 26.4 Å². The molecule has 1 amide bonds. The fourth-order valence-electron chi connectivity index (χ4n) is 1.98. The van der Waals surface area contributed by atoms with E-state index < -0.39 is 16.6 Å². The van der Waals surface area contributed by atoms with Gasteiger partial charge in [0.05, 0.1) is 20.5 Å². The van der Waals surface area contributed by atoms with Gasteiger partial charge in [-0.15, -0.1) is 0 Å². The fraction of sp³-hybridized carbons (Fsp3) is 0.267. The van der Waals surface area contributed by atoms with Crippen LogP contribution in [0.25, 0.3) is 10.8 Å². The van der Waals surface area contributed by atoms with E-state index in [1.54, 1.807) is 45.0 Å². The first kappa shape index (κ1) is 16.2. The number of carbonyl (C=O) groups is 1. The van der Waals surface area contributed by atoms with Gasteiger partial charge < -0.3 is 4.74 Å². The lowest BCUT2D eigenvalue weighted by molar-refractivity contribution is -0.383. The number of nitrogens with one attached hydrogen (secondary N) is 1. The van der Waals surface area contributed by atoms with Crippen LogP contribution < -0.4 is 5.32 Å². The molecule has 0 saturated heterocycles. The number of nitro benzene ring substituents is 1. The first-order chi connectivity index (χ1) is 10.2. The molecule has 2 aromatic carbocycles. The molecule has 6 nitrogen and oxygen atoms in total. The maximum absolute atomic E-state index is 11.8. The molecule has 0 heterocycles. The van der Waals surface area contributed by atoms with Gasteiger partial charge in [-0.2, -0.15) is 0 Å². The van der Waals surface area contributed by atoms with Crippen LogP contribution in [0.1, 0.15) is 20.8 Å². The molecule has 1 N–H and O–H groups in total. The van der Waals surface area contributed by atoms with E-state index in [1.807, 2.05) is 0 Å². The molecule has 22 heavy (non-hydrogen) atoms. The number of halogens is 1. The SMILES string of the molecule is CC(C)(C)OC(=O)Nc1ccc2cccc([N+](=O)[O-])c2c1Br. The van der Waals surface area contributed by atoms with E-state index in [2.05, 4.69) is 21.2 Å². The van der Waals surface area contributed by atoms with E-state index in [0.29, 0.717) is 20.9 Å². The van der Waals surface area contributed by atoms with Crippen LogP contribution in [0.5, 0.6) is 0 Å². The molecule has 116 valence electrons. The summed E-state index contributed by atoms with van der Waals surface area (Å²) in [6.45, 7) is 5.27. The van der Waals surface area contributed by atoms with E-state index >= 15 is 0 Å². The van der Waals surface area contributed by atoms with Crippen molar-refractivity contribution in [1.82, 2.24) is 0 Å². The number of nitrogens with zero attached hydrogens (tertiary/aromatic N) is 1. The molecule has 0 atom stereocenters. The molecule has 0 saturated carbocycles. The number of fused-ring (bicyclic) bond motifs is 1. The van der Waals surface area contributed by atoms with E-state index in [0.717, 1.165) is 0 Å². The van der Waals surface area contributed by atoms with Gasteiger partial charge in [0, 0.05) is 6.07 Å².